The van der Waals surface area contributed by atoms with Gasteiger partial charge in [0.05, 0.1) is 16.0 Å². The smallest absolute Gasteiger partial charge is 0.314 e. The van der Waals surface area contributed by atoms with E-state index < -0.39 is 16.0 Å². The molecule has 1 fully saturated rings. The van der Waals surface area contributed by atoms with E-state index in [0.717, 1.165) is 25.1 Å². The highest BCUT2D eigenvalue weighted by Crippen LogP contribution is 2.35. The van der Waals surface area contributed by atoms with Gasteiger partial charge in [-0.25, -0.2) is 0 Å². The number of aromatic amines is 2. The zero-order valence-electron chi connectivity index (χ0n) is 13.1. The Bertz CT molecular complexity index is 939. The number of likely N-dealkylation sites (tertiary alicyclic amines) is 1. The molecule has 1 saturated heterocycles. The maximum absolute atomic E-state index is 11.7. The van der Waals surface area contributed by atoms with Gasteiger partial charge in [0.25, 0.3) is 5.69 Å². The number of aromatic nitrogens is 2. The lowest BCUT2D eigenvalue weighted by molar-refractivity contribution is -0.385. The number of hydrogen-bond donors (Lipinski definition) is 2. The number of hydrogen-bond acceptors (Lipinski definition) is 5. The molecule has 24 heavy (non-hydrogen) atoms. The summed E-state index contributed by atoms with van der Waals surface area (Å²) in [7, 11) is 0. The minimum atomic E-state index is -0.788. The Hall–Kier alpha value is -2.48. The van der Waals surface area contributed by atoms with Gasteiger partial charge in [0, 0.05) is 17.7 Å². The molecule has 1 unspecified atom stereocenters. The molecule has 0 saturated carbocycles. The molecule has 0 radical (unpaired) electrons. The van der Waals surface area contributed by atoms with Gasteiger partial charge in [-0.1, -0.05) is 0 Å². The van der Waals surface area contributed by atoms with Crippen LogP contribution in [0.5, 0.6) is 0 Å². The summed E-state index contributed by atoms with van der Waals surface area (Å²) in [5, 5.41) is 11.4. The fourth-order valence-corrected chi connectivity index (χ4v) is 4.09. The number of nitro benzene ring substituents is 1. The van der Waals surface area contributed by atoms with Crippen LogP contribution in [0.15, 0.2) is 15.7 Å². The van der Waals surface area contributed by atoms with Gasteiger partial charge >= 0.3 is 11.1 Å². The zero-order chi connectivity index (χ0) is 16.8. The van der Waals surface area contributed by atoms with Crippen molar-refractivity contribution in [1.29, 1.82) is 0 Å². The molecule has 0 spiro atoms. The van der Waals surface area contributed by atoms with Gasteiger partial charge < -0.3 is 14.9 Å². The van der Waals surface area contributed by atoms with Gasteiger partial charge in [0.2, 0.25) is 0 Å². The fraction of sp³-hybridized carbons (Fsp3) is 0.500. The highest BCUT2D eigenvalue weighted by Gasteiger charge is 2.32. The van der Waals surface area contributed by atoms with Crippen LogP contribution in [-0.2, 0) is 12.8 Å². The van der Waals surface area contributed by atoms with Crippen molar-refractivity contribution in [3.8, 4) is 0 Å². The second-order valence-corrected chi connectivity index (χ2v) is 6.58. The molecule has 8 heteroatoms. The Kier molecular flexibility index (Phi) is 3.49. The zero-order valence-corrected chi connectivity index (χ0v) is 13.1. The first-order chi connectivity index (χ1) is 11.5. The molecular weight excluding hydrogens is 312 g/mol. The third kappa shape index (κ3) is 2.34. The summed E-state index contributed by atoms with van der Waals surface area (Å²) in [6.45, 7) is 2.11. The number of nitrogens with one attached hydrogen (secondary N) is 2. The summed E-state index contributed by atoms with van der Waals surface area (Å²) in [5.74, 6) is 0. The van der Waals surface area contributed by atoms with Crippen molar-refractivity contribution in [3.05, 3.63) is 48.0 Å². The topological polar surface area (TPSA) is 112 Å². The molecule has 1 aliphatic carbocycles. The van der Waals surface area contributed by atoms with Gasteiger partial charge in [-0.3, -0.25) is 19.7 Å². The molecule has 1 aliphatic heterocycles. The van der Waals surface area contributed by atoms with Gasteiger partial charge in [0.15, 0.2) is 0 Å². The average Bonchev–Trinajstić information content (AvgIpc) is 3.09. The Morgan fingerprint density at radius 2 is 1.83 bits per heavy atom. The van der Waals surface area contributed by atoms with Crippen LogP contribution in [0.2, 0.25) is 0 Å². The van der Waals surface area contributed by atoms with Crippen molar-refractivity contribution >= 4 is 16.7 Å². The van der Waals surface area contributed by atoms with Crippen LogP contribution >= 0.6 is 0 Å². The van der Waals surface area contributed by atoms with E-state index in [9.17, 15) is 19.7 Å². The Labute approximate surface area is 136 Å². The Morgan fingerprint density at radius 3 is 2.54 bits per heavy atom. The van der Waals surface area contributed by atoms with Crippen LogP contribution in [0.1, 0.15) is 30.4 Å². The minimum Gasteiger partial charge on any atom is -0.316 e. The Balaban J connectivity index is 1.91. The predicted molar refractivity (Wildman–Crippen MR) is 88.5 cm³/mol. The number of fused-ring (bicyclic) bond motifs is 3. The molecular formula is C16H18N4O4. The highest BCUT2D eigenvalue weighted by molar-refractivity contribution is 5.83. The van der Waals surface area contributed by atoms with Crippen LogP contribution in [0, 0.1) is 10.1 Å². The normalized spacial score (nSPS) is 21.1. The number of rotatable bonds is 2. The molecule has 1 aromatic carbocycles. The third-order valence-corrected chi connectivity index (χ3v) is 5.24. The quantitative estimate of drug-likeness (QED) is 0.486. The first kappa shape index (κ1) is 15.1. The van der Waals surface area contributed by atoms with Gasteiger partial charge in [-0.05, 0) is 50.8 Å². The first-order valence-corrected chi connectivity index (χ1v) is 8.24. The van der Waals surface area contributed by atoms with Crippen molar-refractivity contribution in [2.45, 2.75) is 38.1 Å². The lowest BCUT2D eigenvalue weighted by atomic mass is 9.85. The van der Waals surface area contributed by atoms with E-state index in [0.29, 0.717) is 35.5 Å². The summed E-state index contributed by atoms with van der Waals surface area (Å²) < 4.78 is 0. The molecule has 2 aromatic rings. The van der Waals surface area contributed by atoms with E-state index >= 15 is 0 Å². The fourth-order valence-electron chi connectivity index (χ4n) is 4.09. The van der Waals surface area contributed by atoms with Gasteiger partial charge in [-0.2, -0.15) is 0 Å². The van der Waals surface area contributed by atoms with E-state index in [1.54, 1.807) is 0 Å². The molecule has 2 N–H and O–H groups in total. The SMILES string of the molecule is O=c1[nH]c2cc([N+](=O)[O-])c3c(c2[nH]c1=O)CC(N1CCCC1)CC3. The molecule has 1 atom stereocenters. The van der Waals surface area contributed by atoms with Crippen LogP contribution < -0.4 is 11.1 Å². The van der Waals surface area contributed by atoms with Crippen molar-refractivity contribution < 1.29 is 4.92 Å². The second kappa shape index (κ2) is 5.55. The minimum absolute atomic E-state index is 0.0278. The third-order valence-electron chi connectivity index (χ3n) is 5.24. The second-order valence-electron chi connectivity index (χ2n) is 6.58. The first-order valence-electron chi connectivity index (χ1n) is 8.24. The van der Waals surface area contributed by atoms with Crippen LogP contribution in [0.4, 0.5) is 5.69 Å². The summed E-state index contributed by atoms with van der Waals surface area (Å²) in [6.07, 6.45) is 4.53. The monoisotopic (exact) mass is 330 g/mol. The molecule has 1 aromatic heterocycles. The molecule has 8 nitrogen and oxygen atoms in total. The van der Waals surface area contributed by atoms with Crippen molar-refractivity contribution in [3.63, 3.8) is 0 Å². The number of nitrogens with zero attached hydrogens (tertiary/aromatic N) is 2. The lowest BCUT2D eigenvalue weighted by Gasteiger charge is -2.32. The van der Waals surface area contributed by atoms with E-state index in [-0.39, 0.29) is 5.69 Å². The Morgan fingerprint density at radius 1 is 1.12 bits per heavy atom. The number of benzene rings is 1. The predicted octanol–water partition coefficient (Wildman–Crippen LogP) is 1.08. The lowest BCUT2D eigenvalue weighted by Crippen LogP contribution is -2.38. The van der Waals surface area contributed by atoms with E-state index in [1.807, 2.05) is 0 Å². The largest absolute Gasteiger partial charge is 0.316 e. The average molecular weight is 330 g/mol. The summed E-state index contributed by atoms with van der Waals surface area (Å²) in [6, 6.07) is 1.70. The molecule has 4 rings (SSSR count). The maximum atomic E-state index is 11.7. The van der Waals surface area contributed by atoms with Crippen molar-refractivity contribution in [2.75, 3.05) is 13.1 Å². The van der Waals surface area contributed by atoms with E-state index in [1.165, 1.54) is 18.9 Å². The molecule has 2 aliphatic rings. The van der Waals surface area contributed by atoms with Crippen LogP contribution in [-0.4, -0.2) is 38.9 Å². The molecule has 2 heterocycles. The standard InChI is InChI=1S/C16H18N4O4/c21-15-16(22)18-14-11-7-9(19-5-1-2-6-19)3-4-10(11)13(20(23)24)8-12(14)17-15/h8-9H,1-7H2,(H,17,21)(H,18,22). The molecule has 126 valence electrons. The molecule has 0 bridgehead atoms. The highest BCUT2D eigenvalue weighted by atomic mass is 16.6. The molecule has 0 amide bonds. The van der Waals surface area contributed by atoms with Crippen molar-refractivity contribution in [2.24, 2.45) is 0 Å². The maximum Gasteiger partial charge on any atom is 0.314 e. The summed E-state index contributed by atoms with van der Waals surface area (Å²) >= 11 is 0. The van der Waals surface area contributed by atoms with Gasteiger partial charge in [0.1, 0.15) is 0 Å². The van der Waals surface area contributed by atoms with Crippen LogP contribution in [0.3, 0.4) is 0 Å². The van der Waals surface area contributed by atoms with Crippen LogP contribution in [0.25, 0.3) is 11.0 Å². The number of H-pyrrole nitrogens is 2. The van der Waals surface area contributed by atoms with E-state index in [2.05, 4.69) is 14.9 Å². The van der Waals surface area contributed by atoms with E-state index in [4.69, 9.17) is 0 Å². The number of nitro groups is 1. The van der Waals surface area contributed by atoms with Crippen molar-refractivity contribution in [1.82, 2.24) is 14.9 Å². The van der Waals surface area contributed by atoms with Gasteiger partial charge in [-0.15, -0.1) is 0 Å². The summed E-state index contributed by atoms with van der Waals surface area (Å²) in [4.78, 5) is 41.9. The summed E-state index contributed by atoms with van der Waals surface area (Å²) in [5.41, 5.74) is 0.864.